The van der Waals surface area contributed by atoms with Gasteiger partial charge in [-0.15, -0.1) is 11.3 Å². The van der Waals surface area contributed by atoms with E-state index < -0.39 is 11.5 Å². The first-order chi connectivity index (χ1) is 7.93. The van der Waals surface area contributed by atoms with Crippen LogP contribution >= 0.6 is 11.3 Å². The number of likely N-dealkylation sites (tertiary alicyclic amines) is 1. The van der Waals surface area contributed by atoms with Crippen molar-refractivity contribution in [2.45, 2.75) is 45.7 Å². The Labute approximate surface area is 105 Å². The fourth-order valence-electron chi connectivity index (χ4n) is 2.28. The summed E-state index contributed by atoms with van der Waals surface area (Å²) in [6.45, 7) is 7.37. The molecule has 0 spiro atoms. The van der Waals surface area contributed by atoms with Gasteiger partial charge in [-0.3, -0.25) is 9.69 Å². The maximum Gasteiger partial charge on any atom is 0.323 e. The van der Waals surface area contributed by atoms with Gasteiger partial charge in [-0.05, 0) is 40.2 Å². The smallest absolute Gasteiger partial charge is 0.323 e. The monoisotopic (exact) mass is 254 g/mol. The van der Waals surface area contributed by atoms with Gasteiger partial charge in [0.1, 0.15) is 10.5 Å². The average Bonchev–Trinajstić information content (AvgIpc) is 2.74. The molecule has 2 rings (SSSR count). The van der Waals surface area contributed by atoms with Crippen LogP contribution in [0.3, 0.4) is 0 Å². The van der Waals surface area contributed by atoms with Gasteiger partial charge in [0.2, 0.25) is 0 Å². The molecule has 1 saturated heterocycles. The summed E-state index contributed by atoms with van der Waals surface area (Å²) in [5, 5.41) is 10.3. The number of carboxylic acids is 1. The highest BCUT2D eigenvalue weighted by molar-refractivity contribution is 7.11. The first-order valence-electron chi connectivity index (χ1n) is 5.85. The number of thiazole rings is 1. The molecular formula is C12H18N2O2S. The third kappa shape index (κ3) is 2.21. The SMILES string of the molecule is Cc1nc(CN2CCCC2(C)C(=O)O)sc1C. The first-order valence-corrected chi connectivity index (χ1v) is 6.66. The minimum absolute atomic E-state index is 0.655. The number of aliphatic carboxylic acids is 1. The first kappa shape index (κ1) is 12.5. The molecular weight excluding hydrogens is 236 g/mol. The van der Waals surface area contributed by atoms with Gasteiger partial charge in [-0.1, -0.05) is 0 Å². The van der Waals surface area contributed by atoms with Crippen molar-refractivity contribution in [1.29, 1.82) is 0 Å². The van der Waals surface area contributed by atoms with E-state index in [4.69, 9.17) is 0 Å². The highest BCUT2D eigenvalue weighted by atomic mass is 32.1. The summed E-state index contributed by atoms with van der Waals surface area (Å²) in [5.41, 5.74) is 0.342. The lowest BCUT2D eigenvalue weighted by atomic mass is 9.99. The van der Waals surface area contributed by atoms with Gasteiger partial charge < -0.3 is 5.11 Å². The van der Waals surface area contributed by atoms with E-state index in [1.807, 2.05) is 18.7 Å². The predicted molar refractivity (Wildman–Crippen MR) is 67.3 cm³/mol. The van der Waals surface area contributed by atoms with Gasteiger partial charge >= 0.3 is 5.97 Å². The Hall–Kier alpha value is -0.940. The van der Waals surface area contributed by atoms with Crippen LogP contribution in [0.15, 0.2) is 0 Å². The number of hydrogen-bond acceptors (Lipinski definition) is 4. The van der Waals surface area contributed by atoms with Crippen LogP contribution in [-0.2, 0) is 11.3 Å². The summed E-state index contributed by atoms with van der Waals surface area (Å²) in [4.78, 5) is 19.1. The van der Waals surface area contributed by atoms with E-state index in [2.05, 4.69) is 11.9 Å². The molecule has 17 heavy (non-hydrogen) atoms. The Morgan fingerprint density at radius 3 is 2.82 bits per heavy atom. The minimum atomic E-state index is -0.722. The standard InChI is InChI=1S/C12H18N2O2S/c1-8-9(2)17-10(13-8)7-14-6-4-5-12(14,3)11(15)16/h4-7H2,1-3H3,(H,15,16). The highest BCUT2D eigenvalue weighted by Crippen LogP contribution is 2.31. The number of carbonyl (C=O) groups is 1. The van der Waals surface area contributed by atoms with Gasteiger partial charge in [0.25, 0.3) is 0 Å². The molecule has 1 aromatic heterocycles. The fraction of sp³-hybridized carbons (Fsp3) is 0.667. The summed E-state index contributed by atoms with van der Waals surface area (Å²) >= 11 is 1.67. The number of hydrogen-bond donors (Lipinski definition) is 1. The molecule has 0 amide bonds. The number of aryl methyl sites for hydroxylation is 2. The molecule has 5 heteroatoms. The third-order valence-corrected chi connectivity index (χ3v) is 4.71. The van der Waals surface area contributed by atoms with Crippen molar-refractivity contribution >= 4 is 17.3 Å². The van der Waals surface area contributed by atoms with Gasteiger partial charge in [-0.2, -0.15) is 0 Å². The zero-order valence-electron chi connectivity index (χ0n) is 10.5. The molecule has 0 saturated carbocycles. The van der Waals surface area contributed by atoms with E-state index in [1.165, 1.54) is 4.88 Å². The molecule has 94 valence electrons. The summed E-state index contributed by atoms with van der Waals surface area (Å²) in [7, 11) is 0. The number of aromatic nitrogens is 1. The maximum atomic E-state index is 11.3. The van der Waals surface area contributed by atoms with E-state index in [0.717, 1.165) is 30.1 Å². The second-order valence-electron chi connectivity index (χ2n) is 4.85. The lowest BCUT2D eigenvalue weighted by Gasteiger charge is -2.30. The molecule has 1 unspecified atom stereocenters. The van der Waals surface area contributed by atoms with Crippen molar-refractivity contribution in [3.05, 3.63) is 15.6 Å². The molecule has 1 N–H and O–H groups in total. The molecule has 1 aromatic rings. The minimum Gasteiger partial charge on any atom is -0.480 e. The quantitative estimate of drug-likeness (QED) is 0.898. The molecule has 0 bridgehead atoms. The number of rotatable bonds is 3. The van der Waals surface area contributed by atoms with E-state index in [-0.39, 0.29) is 0 Å². The predicted octanol–water partition coefficient (Wildman–Crippen LogP) is 2.20. The lowest BCUT2D eigenvalue weighted by molar-refractivity contribution is -0.148. The zero-order chi connectivity index (χ0) is 12.6. The molecule has 0 aliphatic carbocycles. The lowest BCUT2D eigenvalue weighted by Crippen LogP contribution is -2.47. The molecule has 1 aliphatic heterocycles. The van der Waals surface area contributed by atoms with E-state index in [0.29, 0.717) is 6.54 Å². The Morgan fingerprint density at radius 2 is 2.29 bits per heavy atom. The largest absolute Gasteiger partial charge is 0.480 e. The van der Waals surface area contributed by atoms with Crippen molar-refractivity contribution in [2.24, 2.45) is 0 Å². The summed E-state index contributed by atoms with van der Waals surface area (Å²) in [6, 6.07) is 0. The highest BCUT2D eigenvalue weighted by Gasteiger charge is 2.43. The van der Waals surface area contributed by atoms with Crippen molar-refractivity contribution in [2.75, 3.05) is 6.54 Å². The van der Waals surface area contributed by atoms with E-state index >= 15 is 0 Å². The fourth-order valence-corrected chi connectivity index (χ4v) is 3.23. The van der Waals surface area contributed by atoms with Gasteiger partial charge in [-0.25, -0.2) is 4.98 Å². The van der Waals surface area contributed by atoms with Gasteiger partial charge in [0.15, 0.2) is 0 Å². The molecule has 0 aromatic carbocycles. The summed E-state index contributed by atoms with van der Waals surface area (Å²) < 4.78 is 0. The van der Waals surface area contributed by atoms with E-state index in [9.17, 15) is 9.90 Å². The molecule has 1 aliphatic rings. The van der Waals surface area contributed by atoms with E-state index in [1.54, 1.807) is 11.3 Å². The Morgan fingerprint density at radius 1 is 1.59 bits per heavy atom. The Bertz CT molecular complexity index is 424. The van der Waals surface area contributed by atoms with Gasteiger partial charge in [0.05, 0.1) is 12.2 Å². The average molecular weight is 254 g/mol. The molecule has 1 atom stereocenters. The summed E-state index contributed by atoms with van der Waals surface area (Å²) in [5.74, 6) is -0.722. The van der Waals surface area contributed by atoms with Crippen LogP contribution < -0.4 is 0 Å². The van der Waals surface area contributed by atoms with Crippen LogP contribution in [0.1, 0.15) is 35.3 Å². The molecule has 1 fully saturated rings. The third-order valence-electron chi connectivity index (χ3n) is 3.65. The maximum absolute atomic E-state index is 11.3. The van der Waals surface area contributed by atoms with Crippen molar-refractivity contribution in [1.82, 2.24) is 9.88 Å². The van der Waals surface area contributed by atoms with Crippen LogP contribution in [-0.4, -0.2) is 33.0 Å². The van der Waals surface area contributed by atoms with Crippen LogP contribution in [0.25, 0.3) is 0 Å². The normalized spacial score (nSPS) is 25.4. The summed E-state index contributed by atoms with van der Waals surface area (Å²) in [6.07, 6.45) is 1.68. The number of carboxylic acid groups (broad SMARTS) is 1. The Kier molecular flexibility index (Phi) is 3.23. The topological polar surface area (TPSA) is 53.4 Å². The number of nitrogens with zero attached hydrogens (tertiary/aromatic N) is 2. The van der Waals surface area contributed by atoms with Crippen molar-refractivity contribution < 1.29 is 9.90 Å². The van der Waals surface area contributed by atoms with Crippen LogP contribution in [0, 0.1) is 13.8 Å². The van der Waals surface area contributed by atoms with Crippen LogP contribution in [0.5, 0.6) is 0 Å². The van der Waals surface area contributed by atoms with Crippen LogP contribution in [0.4, 0.5) is 0 Å². The Balaban J connectivity index is 2.16. The van der Waals surface area contributed by atoms with Crippen molar-refractivity contribution in [3.63, 3.8) is 0 Å². The molecule has 4 nitrogen and oxygen atoms in total. The van der Waals surface area contributed by atoms with Gasteiger partial charge in [0, 0.05) is 4.88 Å². The zero-order valence-corrected chi connectivity index (χ0v) is 11.3. The van der Waals surface area contributed by atoms with Crippen molar-refractivity contribution in [3.8, 4) is 0 Å². The molecule has 2 heterocycles. The second-order valence-corrected chi connectivity index (χ2v) is 6.14. The second kappa shape index (κ2) is 4.38. The molecule has 0 radical (unpaired) electrons. The van der Waals surface area contributed by atoms with Crippen LogP contribution in [0.2, 0.25) is 0 Å².